The Hall–Kier alpha value is -2.66. The summed E-state index contributed by atoms with van der Waals surface area (Å²) < 4.78 is 6.19. The highest BCUT2D eigenvalue weighted by Gasteiger charge is 2.32. The highest BCUT2D eigenvalue weighted by Crippen LogP contribution is 2.25. The van der Waals surface area contributed by atoms with Gasteiger partial charge in [0, 0.05) is 0 Å². The molecule has 1 atom stereocenters. The summed E-state index contributed by atoms with van der Waals surface area (Å²) in [6.45, 7) is 1.80. The van der Waals surface area contributed by atoms with E-state index in [1.807, 2.05) is 60.7 Å². The summed E-state index contributed by atoms with van der Waals surface area (Å²) in [6.07, 6.45) is 0. The Labute approximate surface area is 128 Å². The molecule has 1 unspecified atom stereocenters. The van der Waals surface area contributed by atoms with E-state index in [1.165, 1.54) is 4.68 Å². The number of benzene rings is 2. The molecule has 2 aromatic carbocycles. The van der Waals surface area contributed by atoms with E-state index in [0.717, 1.165) is 5.56 Å². The summed E-state index contributed by atoms with van der Waals surface area (Å²) in [5.41, 5.74) is 0.616. The van der Waals surface area contributed by atoms with E-state index in [-0.39, 0.29) is 6.54 Å². The van der Waals surface area contributed by atoms with Gasteiger partial charge in [0.2, 0.25) is 6.54 Å². The van der Waals surface area contributed by atoms with Crippen LogP contribution in [-0.2, 0) is 12.1 Å². The Morgan fingerprint density at radius 3 is 2.32 bits per heavy atom. The van der Waals surface area contributed by atoms with Gasteiger partial charge in [0.1, 0.15) is 5.60 Å². The third kappa shape index (κ3) is 2.71. The number of aromatic nitrogens is 2. The van der Waals surface area contributed by atoms with Crippen molar-refractivity contribution >= 4 is 0 Å². The van der Waals surface area contributed by atoms with Gasteiger partial charge < -0.3 is 14.7 Å². The smallest absolute Gasteiger partial charge is 0.264 e. The average molecular weight is 296 g/mol. The van der Waals surface area contributed by atoms with E-state index in [2.05, 4.69) is 5.27 Å². The quantitative estimate of drug-likeness (QED) is 0.742. The minimum Gasteiger partial charge on any atom is -0.539 e. The number of nitrogens with zero attached hydrogens (tertiary/aromatic N) is 2. The normalized spacial score (nSPS) is 13.7. The van der Waals surface area contributed by atoms with Crippen LogP contribution < -0.4 is 9.79 Å². The van der Waals surface area contributed by atoms with Crippen molar-refractivity contribution in [1.82, 2.24) is 5.27 Å². The molecular formula is C17H16N2O3. The van der Waals surface area contributed by atoms with Crippen molar-refractivity contribution in [3.8, 4) is 17.2 Å². The van der Waals surface area contributed by atoms with Crippen LogP contribution in [0.4, 0.5) is 0 Å². The van der Waals surface area contributed by atoms with Crippen LogP contribution in [0.5, 0.6) is 5.95 Å². The fraction of sp³-hybridized carbons (Fsp3) is 0.176. The van der Waals surface area contributed by atoms with Crippen LogP contribution in [0.25, 0.3) is 11.3 Å². The third-order valence-corrected chi connectivity index (χ3v) is 3.57. The highest BCUT2D eigenvalue weighted by atomic mass is 16.6. The molecule has 0 aliphatic heterocycles. The summed E-state index contributed by atoms with van der Waals surface area (Å²) in [5, 5.41) is 26.4. The molecular weight excluding hydrogens is 280 g/mol. The highest BCUT2D eigenvalue weighted by molar-refractivity contribution is 5.59. The van der Waals surface area contributed by atoms with E-state index in [9.17, 15) is 10.2 Å². The summed E-state index contributed by atoms with van der Waals surface area (Å²) in [6, 6.07) is 18.4. The van der Waals surface area contributed by atoms with Crippen LogP contribution in [0, 0.1) is 0 Å². The second kappa shape index (κ2) is 5.61. The first-order valence-corrected chi connectivity index (χ1v) is 6.98. The molecule has 5 nitrogen and oxygen atoms in total. The molecule has 3 rings (SSSR count). The number of hydrogen-bond donors (Lipinski definition) is 1. The molecule has 0 radical (unpaired) electrons. The van der Waals surface area contributed by atoms with Crippen molar-refractivity contribution in [3.63, 3.8) is 0 Å². The Morgan fingerprint density at radius 2 is 1.68 bits per heavy atom. The lowest BCUT2D eigenvalue weighted by Gasteiger charge is -2.19. The summed E-state index contributed by atoms with van der Waals surface area (Å²) in [5.74, 6) is -0.518. The van der Waals surface area contributed by atoms with Gasteiger partial charge in [0.25, 0.3) is 5.69 Å². The molecule has 0 spiro atoms. The summed E-state index contributed by atoms with van der Waals surface area (Å²) in [4.78, 5) is 0. The lowest BCUT2D eigenvalue weighted by atomic mass is 9.96. The summed E-state index contributed by atoms with van der Waals surface area (Å²) in [7, 11) is 0. The maximum absolute atomic E-state index is 11.9. The fourth-order valence-electron chi connectivity index (χ4n) is 2.43. The number of rotatable bonds is 4. The fourth-order valence-corrected chi connectivity index (χ4v) is 2.43. The second-order valence-corrected chi connectivity index (χ2v) is 5.37. The number of aliphatic hydroxyl groups is 1. The van der Waals surface area contributed by atoms with E-state index in [1.54, 1.807) is 6.92 Å². The SMILES string of the molecule is CC(O)(C[n+]1noc([O-])c1-c1ccccc1)c1ccccc1. The van der Waals surface area contributed by atoms with Crippen molar-refractivity contribution in [1.29, 1.82) is 0 Å². The zero-order valence-electron chi connectivity index (χ0n) is 12.1. The predicted molar refractivity (Wildman–Crippen MR) is 77.6 cm³/mol. The lowest BCUT2D eigenvalue weighted by Crippen LogP contribution is -2.47. The molecule has 0 saturated heterocycles. The standard InChI is InChI=1S/C17H16N2O3/c1-17(21,14-10-6-3-7-11-14)12-19-15(16(20)22-18-19)13-8-4-2-5-9-13/h2-11,21H,12H2,1H3. The van der Waals surface area contributed by atoms with Gasteiger partial charge in [-0.3, -0.25) is 0 Å². The van der Waals surface area contributed by atoms with Gasteiger partial charge in [0.05, 0.1) is 10.8 Å². The van der Waals surface area contributed by atoms with Crippen molar-refractivity contribution in [2.75, 3.05) is 0 Å². The first-order valence-electron chi connectivity index (χ1n) is 6.98. The Kier molecular flexibility index (Phi) is 3.65. The van der Waals surface area contributed by atoms with Crippen LogP contribution in [0.3, 0.4) is 0 Å². The van der Waals surface area contributed by atoms with E-state index < -0.39 is 11.5 Å². The Morgan fingerprint density at radius 1 is 1.09 bits per heavy atom. The van der Waals surface area contributed by atoms with Gasteiger partial charge >= 0.3 is 0 Å². The van der Waals surface area contributed by atoms with Crippen LogP contribution in [0.15, 0.2) is 65.2 Å². The first-order chi connectivity index (χ1) is 10.6. The van der Waals surface area contributed by atoms with Gasteiger partial charge in [-0.05, 0) is 24.6 Å². The van der Waals surface area contributed by atoms with Gasteiger partial charge in [-0.1, -0.05) is 53.2 Å². The van der Waals surface area contributed by atoms with Crippen molar-refractivity contribution < 1.29 is 19.4 Å². The van der Waals surface area contributed by atoms with E-state index in [0.29, 0.717) is 11.3 Å². The lowest BCUT2D eigenvalue weighted by molar-refractivity contribution is -0.765. The maximum atomic E-state index is 11.9. The third-order valence-electron chi connectivity index (χ3n) is 3.57. The van der Waals surface area contributed by atoms with Crippen molar-refractivity contribution in [3.05, 3.63) is 66.2 Å². The molecule has 112 valence electrons. The monoisotopic (exact) mass is 296 g/mol. The van der Waals surface area contributed by atoms with Crippen molar-refractivity contribution in [2.45, 2.75) is 19.1 Å². The number of hydrogen-bond acceptors (Lipinski definition) is 4. The average Bonchev–Trinajstić information content (AvgIpc) is 2.89. The second-order valence-electron chi connectivity index (χ2n) is 5.37. The molecule has 1 aromatic heterocycles. The molecule has 0 aliphatic rings. The maximum Gasteiger partial charge on any atom is 0.264 e. The molecule has 0 saturated carbocycles. The molecule has 0 aliphatic carbocycles. The van der Waals surface area contributed by atoms with Crippen LogP contribution >= 0.6 is 0 Å². The Bertz CT molecular complexity index is 752. The van der Waals surface area contributed by atoms with Crippen LogP contribution in [0.1, 0.15) is 12.5 Å². The molecule has 1 N–H and O–H groups in total. The molecule has 0 bridgehead atoms. The molecule has 0 amide bonds. The van der Waals surface area contributed by atoms with Gasteiger partial charge in [0.15, 0.2) is 5.95 Å². The minimum atomic E-state index is -1.17. The van der Waals surface area contributed by atoms with Crippen molar-refractivity contribution in [2.24, 2.45) is 0 Å². The molecule has 22 heavy (non-hydrogen) atoms. The van der Waals surface area contributed by atoms with Gasteiger partial charge in [-0.15, -0.1) is 0 Å². The first kappa shape index (κ1) is 14.3. The van der Waals surface area contributed by atoms with E-state index >= 15 is 0 Å². The topological polar surface area (TPSA) is 73.2 Å². The van der Waals surface area contributed by atoms with Gasteiger partial charge in [-0.25, -0.2) is 0 Å². The summed E-state index contributed by atoms with van der Waals surface area (Å²) >= 11 is 0. The van der Waals surface area contributed by atoms with Crippen LogP contribution in [0.2, 0.25) is 0 Å². The molecule has 5 heteroatoms. The molecule has 0 fully saturated rings. The zero-order valence-corrected chi connectivity index (χ0v) is 12.1. The predicted octanol–water partition coefficient (Wildman–Crippen LogP) is 1.61. The van der Waals surface area contributed by atoms with Gasteiger partial charge in [-0.2, -0.15) is 0 Å². The minimum absolute atomic E-state index is 0.118. The largest absolute Gasteiger partial charge is 0.539 e. The molecule has 3 aromatic rings. The van der Waals surface area contributed by atoms with Crippen LogP contribution in [-0.4, -0.2) is 10.4 Å². The zero-order chi connectivity index (χ0) is 15.6. The van der Waals surface area contributed by atoms with E-state index in [4.69, 9.17) is 4.52 Å². The Balaban J connectivity index is 1.97. The molecule has 1 heterocycles.